The lowest BCUT2D eigenvalue weighted by atomic mass is 9.98. The number of hydrogen-bond donors (Lipinski definition) is 0. The number of rotatable bonds is 7. The number of halogens is 4. The molecule has 0 spiro atoms. The third-order valence-electron chi connectivity index (χ3n) is 12.7. The Morgan fingerprint density at radius 3 is 1.44 bits per heavy atom. The van der Waals surface area contributed by atoms with Crippen LogP contribution in [0.1, 0.15) is 111 Å². The minimum atomic E-state index is -0.578. The van der Waals surface area contributed by atoms with Crippen molar-refractivity contribution in [2.45, 2.75) is 121 Å². The van der Waals surface area contributed by atoms with Gasteiger partial charge in [-0.1, -0.05) is 132 Å². The number of anilines is 2. The molecule has 4 aromatic heterocycles. The number of nitrogens with zero attached hydrogens (tertiary/aromatic N) is 10. The highest BCUT2D eigenvalue weighted by atomic mass is 35.5. The third kappa shape index (κ3) is 12.0. The number of aromatic nitrogens is 6. The Kier molecular flexibility index (Phi) is 18.5. The minimum Gasteiger partial charge on any atom is -0.444 e. The summed E-state index contributed by atoms with van der Waals surface area (Å²) < 4.78 is 8.62. The molecule has 0 bridgehead atoms. The molecule has 2 saturated heterocycles. The molecule has 8 rings (SSSR count). The van der Waals surface area contributed by atoms with Crippen LogP contribution in [0.2, 0.25) is 20.4 Å². The second-order valence-corrected chi connectivity index (χ2v) is 21.2. The first-order chi connectivity index (χ1) is 33.4. The monoisotopic (exact) mass is 1080 g/mol. The van der Waals surface area contributed by atoms with Crippen molar-refractivity contribution in [3.8, 4) is 11.4 Å². The smallest absolute Gasteiger partial charge is 0.410 e. The first-order valence-corrected chi connectivity index (χ1v) is 25.1. The van der Waals surface area contributed by atoms with E-state index in [1.165, 1.54) is 15.2 Å². The lowest BCUT2D eigenvalue weighted by molar-refractivity contribution is -0.126. The zero-order valence-electron chi connectivity index (χ0n) is 42.0. The van der Waals surface area contributed by atoms with Crippen molar-refractivity contribution in [2.24, 2.45) is 0 Å². The number of ether oxygens (including phenoxy) is 1. The highest BCUT2D eigenvalue weighted by Crippen LogP contribution is 2.36. The predicted molar refractivity (Wildman–Crippen MR) is 300 cm³/mol. The average Bonchev–Trinajstić information content (AvgIpc) is 3.29. The first kappa shape index (κ1) is 58.2. The van der Waals surface area contributed by atoms with Crippen LogP contribution in [0.15, 0.2) is 70.8 Å². The Bertz CT molecular complexity index is 3190. The zero-order chi connectivity index (χ0) is 52.0. The van der Waals surface area contributed by atoms with Gasteiger partial charge in [0, 0.05) is 51.4 Å². The average molecular weight is 1080 g/mol. The van der Waals surface area contributed by atoms with Crippen LogP contribution in [0.25, 0.3) is 33.4 Å². The van der Waals surface area contributed by atoms with Gasteiger partial charge in [-0.05, 0) is 101 Å². The van der Waals surface area contributed by atoms with E-state index in [2.05, 4.69) is 54.2 Å². The highest BCUT2D eigenvalue weighted by molar-refractivity contribution is 6.42. The summed E-state index contributed by atoms with van der Waals surface area (Å²) in [5.74, 6) is 1.19. The first-order valence-electron chi connectivity index (χ1n) is 23.6. The summed E-state index contributed by atoms with van der Waals surface area (Å²) in [5, 5.41) is 2.03. The summed E-state index contributed by atoms with van der Waals surface area (Å²) in [7, 11) is 0. The minimum absolute atomic E-state index is 0. The van der Waals surface area contributed by atoms with Crippen molar-refractivity contribution in [1.82, 2.24) is 38.9 Å². The van der Waals surface area contributed by atoms with E-state index in [1.54, 1.807) is 21.9 Å². The number of hydrogen-bond acceptors (Lipinski definition) is 11. The lowest BCUT2D eigenvalue weighted by Crippen LogP contribution is -2.55. The molecule has 0 N–H and O–H groups in total. The third-order valence-corrected chi connectivity index (χ3v) is 14.0. The highest BCUT2D eigenvalue weighted by Gasteiger charge is 2.34. The molecular formula is C54H68Cl4N10O5. The summed E-state index contributed by atoms with van der Waals surface area (Å²) in [6.45, 7) is 28.1. The van der Waals surface area contributed by atoms with Crippen LogP contribution in [-0.4, -0.2) is 108 Å². The maximum atomic E-state index is 13.7. The molecule has 2 amide bonds. The fourth-order valence-corrected chi connectivity index (χ4v) is 9.85. The maximum absolute atomic E-state index is 13.7. The fourth-order valence-electron chi connectivity index (χ4n) is 9.28. The second kappa shape index (κ2) is 23.2. The number of fused-ring (bicyclic) bond motifs is 2. The Morgan fingerprint density at radius 1 is 0.671 bits per heavy atom. The molecule has 6 aromatic rings. The van der Waals surface area contributed by atoms with Crippen LogP contribution < -0.4 is 21.2 Å². The SMILES string of the molecule is C.C.C=CC(=O)N1CCN(c2nc(=O)n(-c3c(C)cccc3C(C)C)c3nc(Cl)c(Cl)cc23)[C@@H](C)C1.Cc1cccc(C(C)C)c1-n1c(=O)nc(N2CCN(C(=O)OC(C)(C)C)C[C@@H]2C)c2cc(Cl)c(Cl)nc21. The van der Waals surface area contributed by atoms with Crippen molar-refractivity contribution >= 4 is 92.1 Å². The Labute approximate surface area is 448 Å². The van der Waals surface area contributed by atoms with Gasteiger partial charge in [-0.25, -0.2) is 33.5 Å². The van der Waals surface area contributed by atoms with Gasteiger partial charge in [0.05, 0.1) is 32.2 Å². The molecule has 2 aliphatic rings. The molecule has 0 unspecified atom stereocenters. The van der Waals surface area contributed by atoms with Gasteiger partial charge in [-0.15, -0.1) is 0 Å². The van der Waals surface area contributed by atoms with Crippen molar-refractivity contribution < 1.29 is 14.3 Å². The molecule has 19 heteroatoms. The standard InChI is InChI=1S/C27H33Cl2N5O3.C25H27Cl2N5O2.2CH4/c1-15(2)18-10-8-9-16(3)21(18)34-24-19(13-20(28)22(29)30-24)23(31-25(34)35)33-12-11-32(14-17(33)4)26(36)37-27(5,6)7;1-6-20(33)30-10-11-31(16(5)13-30)23-18-12-19(26)22(27)28-24(18)32(25(34)29-23)21-15(4)8-7-9-17(21)14(2)3;;/h8-10,13,15,17H,11-12,14H2,1-7H3;6-9,12,14,16H,1,10-11,13H2,2-5H3;2*1H4/t17-;16-;;/m00../s1. The van der Waals surface area contributed by atoms with Crippen molar-refractivity contribution in [3.63, 3.8) is 0 Å². The summed E-state index contributed by atoms with van der Waals surface area (Å²) in [6.07, 6.45) is 0.960. The van der Waals surface area contributed by atoms with E-state index in [-0.39, 0.29) is 71.1 Å². The van der Waals surface area contributed by atoms with Gasteiger partial charge in [0.15, 0.2) is 11.3 Å². The van der Waals surface area contributed by atoms with Crippen LogP contribution in [0.4, 0.5) is 16.4 Å². The van der Waals surface area contributed by atoms with Crippen molar-refractivity contribution in [1.29, 1.82) is 0 Å². The molecule has 0 radical (unpaired) electrons. The van der Waals surface area contributed by atoms with Crippen molar-refractivity contribution in [2.75, 3.05) is 49.1 Å². The van der Waals surface area contributed by atoms with Gasteiger partial charge in [-0.3, -0.25) is 4.79 Å². The molecule has 2 fully saturated rings. The number of piperazine rings is 2. The molecule has 15 nitrogen and oxygen atoms in total. The predicted octanol–water partition coefficient (Wildman–Crippen LogP) is 12.0. The number of benzene rings is 2. The van der Waals surface area contributed by atoms with Crippen LogP contribution >= 0.6 is 46.4 Å². The van der Waals surface area contributed by atoms with Crippen LogP contribution in [0.3, 0.4) is 0 Å². The summed E-state index contributed by atoms with van der Waals surface area (Å²) >= 11 is 25.5. The number of para-hydroxylation sites is 2. The molecule has 2 atom stereocenters. The summed E-state index contributed by atoms with van der Waals surface area (Å²) in [6, 6.07) is 15.1. The van der Waals surface area contributed by atoms with Gasteiger partial charge < -0.3 is 24.3 Å². The Hall–Kier alpha value is -5.74. The van der Waals surface area contributed by atoms with Crippen LogP contribution in [0, 0.1) is 13.8 Å². The molecule has 6 heterocycles. The van der Waals surface area contributed by atoms with Crippen molar-refractivity contribution in [3.05, 3.63) is 125 Å². The van der Waals surface area contributed by atoms with Gasteiger partial charge >= 0.3 is 17.5 Å². The fraction of sp³-hybridized carbons (Fsp3) is 0.444. The number of pyridine rings is 2. The van der Waals surface area contributed by atoms with Gasteiger partial charge in [0.25, 0.3) is 0 Å². The number of aryl methyl sites for hydroxylation is 2. The van der Waals surface area contributed by atoms with Gasteiger partial charge in [0.2, 0.25) is 5.91 Å². The molecule has 2 aromatic carbocycles. The second-order valence-electron chi connectivity index (χ2n) is 19.7. The zero-order valence-corrected chi connectivity index (χ0v) is 45.0. The van der Waals surface area contributed by atoms with E-state index in [4.69, 9.17) is 51.1 Å². The van der Waals surface area contributed by atoms with Crippen LogP contribution in [0.5, 0.6) is 0 Å². The largest absolute Gasteiger partial charge is 0.444 e. The van der Waals surface area contributed by atoms with Crippen LogP contribution in [-0.2, 0) is 9.53 Å². The maximum Gasteiger partial charge on any atom is 0.410 e. The van der Waals surface area contributed by atoms with Gasteiger partial charge in [0.1, 0.15) is 27.5 Å². The van der Waals surface area contributed by atoms with E-state index < -0.39 is 17.0 Å². The Morgan fingerprint density at radius 2 is 1.07 bits per heavy atom. The van der Waals surface area contributed by atoms with E-state index in [0.29, 0.717) is 73.0 Å². The Balaban J connectivity index is 0.000000264. The number of carbonyl (C=O) groups excluding carboxylic acids is 2. The number of amides is 2. The summed E-state index contributed by atoms with van der Waals surface area (Å²) in [4.78, 5) is 77.6. The van der Waals surface area contributed by atoms with E-state index in [1.807, 2.05) is 94.7 Å². The topological polar surface area (TPSA) is 152 Å². The normalized spacial score (nSPS) is 16.0. The molecule has 0 aliphatic carbocycles. The molecule has 392 valence electrons. The lowest BCUT2D eigenvalue weighted by Gasteiger charge is -2.41. The molecule has 0 saturated carbocycles. The van der Waals surface area contributed by atoms with E-state index in [9.17, 15) is 19.2 Å². The molecular weight excluding hydrogens is 1010 g/mol. The van der Waals surface area contributed by atoms with E-state index in [0.717, 1.165) is 33.6 Å². The van der Waals surface area contributed by atoms with Gasteiger partial charge in [-0.2, -0.15) is 9.97 Å². The van der Waals surface area contributed by atoms with E-state index >= 15 is 0 Å². The molecule has 73 heavy (non-hydrogen) atoms. The quantitative estimate of drug-likeness (QED) is 0.111. The number of carbonyl (C=O) groups is 2. The molecule has 2 aliphatic heterocycles. The summed E-state index contributed by atoms with van der Waals surface area (Å²) in [5.41, 5.74) is 4.70.